The molecule has 2 aromatic heterocycles. The fourth-order valence-electron chi connectivity index (χ4n) is 0.811. The van der Waals surface area contributed by atoms with Gasteiger partial charge in [0.15, 0.2) is 5.82 Å². The molecule has 0 saturated carbocycles. The van der Waals surface area contributed by atoms with Gasteiger partial charge in [-0.1, -0.05) is 5.16 Å². The summed E-state index contributed by atoms with van der Waals surface area (Å²) in [4.78, 5) is 5.14. The Morgan fingerprint density at radius 3 is 3.25 bits per heavy atom. The number of nitrogens with one attached hydrogen (secondary N) is 1. The van der Waals surface area contributed by atoms with Crippen LogP contribution in [0.25, 0.3) is 0 Å². The molecule has 4 nitrogen and oxygen atoms in total. The maximum atomic E-state index is 4.66. The van der Waals surface area contributed by atoms with Gasteiger partial charge in [-0.2, -0.15) is 0 Å². The highest BCUT2D eigenvalue weighted by molar-refractivity contribution is 7.09. The largest absolute Gasteiger partial charge is 0.363 e. The molecule has 2 rings (SSSR count). The first-order valence-corrected chi connectivity index (χ1v) is 4.35. The molecule has 2 heterocycles. The summed E-state index contributed by atoms with van der Waals surface area (Å²) in [5.74, 6) is 0.753. The van der Waals surface area contributed by atoms with Crippen molar-refractivity contribution < 1.29 is 4.52 Å². The summed E-state index contributed by atoms with van der Waals surface area (Å²) >= 11 is 1.61. The van der Waals surface area contributed by atoms with Crippen LogP contribution in [0.3, 0.4) is 0 Å². The zero-order chi connectivity index (χ0) is 8.23. The van der Waals surface area contributed by atoms with Crippen LogP contribution in [0.1, 0.15) is 4.88 Å². The van der Waals surface area contributed by atoms with Crippen molar-refractivity contribution in [3.05, 3.63) is 28.9 Å². The van der Waals surface area contributed by atoms with Gasteiger partial charge in [0, 0.05) is 17.1 Å². The first-order valence-electron chi connectivity index (χ1n) is 3.47. The van der Waals surface area contributed by atoms with Crippen molar-refractivity contribution in [2.75, 3.05) is 5.32 Å². The zero-order valence-electron chi connectivity index (χ0n) is 6.23. The van der Waals surface area contributed by atoms with E-state index < -0.39 is 0 Å². The van der Waals surface area contributed by atoms with Crippen molar-refractivity contribution in [2.45, 2.75) is 6.54 Å². The fourth-order valence-corrected chi connectivity index (χ4v) is 1.35. The monoisotopic (exact) mass is 181 g/mol. The molecule has 0 atom stereocenters. The number of hydrogen-bond acceptors (Lipinski definition) is 5. The Morgan fingerprint density at radius 2 is 2.58 bits per heavy atom. The molecule has 5 heteroatoms. The molecule has 0 aliphatic carbocycles. The first-order chi connectivity index (χ1) is 5.95. The molecule has 0 aliphatic heterocycles. The van der Waals surface area contributed by atoms with Crippen LogP contribution in [0.4, 0.5) is 5.82 Å². The average molecular weight is 181 g/mol. The number of hydrogen-bond donors (Lipinski definition) is 1. The van der Waals surface area contributed by atoms with Gasteiger partial charge in [-0.3, -0.25) is 4.98 Å². The summed E-state index contributed by atoms with van der Waals surface area (Å²) < 4.78 is 4.66. The summed E-state index contributed by atoms with van der Waals surface area (Å²) in [5, 5.41) is 6.81. The van der Waals surface area contributed by atoms with Gasteiger partial charge in [-0.05, 0) is 0 Å². The zero-order valence-corrected chi connectivity index (χ0v) is 7.04. The van der Waals surface area contributed by atoms with E-state index in [2.05, 4.69) is 20.0 Å². The van der Waals surface area contributed by atoms with Gasteiger partial charge in [0.05, 0.1) is 12.1 Å². The fraction of sp³-hybridized carbons (Fsp3) is 0.143. The third-order valence-corrected chi connectivity index (χ3v) is 2.14. The van der Waals surface area contributed by atoms with E-state index in [1.165, 1.54) is 11.1 Å². The molecule has 0 saturated heterocycles. The highest BCUT2D eigenvalue weighted by Gasteiger charge is 1.96. The van der Waals surface area contributed by atoms with E-state index in [4.69, 9.17) is 0 Å². The number of anilines is 1. The second-order valence-corrected chi connectivity index (χ2v) is 3.18. The molecule has 12 heavy (non-hydrogen) atoms. The second kappa shape index (κ2) is 3.36. The van der Waals surface area contributed by atoms with Gasteiger partial charge in [0.25, 0.3) is 0 Å². The molecule has 1 N–H and O–H groups in total. The summed E-state index contributed by atoms with van der Waals surface area (Å²) in [5.41, 5.74) is 1.81. The van der Waals surface area contributed by atoms with Crippen LogP contribution < -0.4 is 5.32 Å². The lowest BCUT2D eigenvalue weighted by Crippen LogP contribution is -1.96. The lowest BCUT2D eigenvalue weighted by atomic mass is 10.5. The molecule has 0 radical (unpaired) electrons. The molecular formula is C7H7N3OS. The van der Waals surface area contributed by atoms with Gasteiger partial charge < -0.3 is 9.84 Å². The Morgan fingerprint density at radius 1 is 1.58 bits per heavy atom. The second-order valence-electron chi connectivity index (χ2n) is 2.21. The van der Waals surface area contributed by atoms with Crippen molar-refractivity contribution in [2.24, 2.45) is 0 Å². The summed E-state index contributed by atoms with van der Waals surface area (Å²) in [6.07, 6.45) is 3.37. The highest BCUT2D eigenvalue weighted by Crippen LogP contribution is 2.08. The molecule has 0 aromatic carbocycles. The standard InChI is InChI=1S/C7H7N3OS/c1-2-11-10-7(1)9-4-6-3-8-5-12-6/h1-3,5H,4H2,(H,9,10). The maximum absolute atomic E-state index is 4.66. The quantitative estimate of drug-likeness (QED) is 0.783. The van der Waals surface area contributed by atoms with Crippen LogP contribution >= 0.6 is 11.3 Å². The van der Waals surface area contributed by atoms with Crippen LogP contribution in [0, 0.1) is 0 Å². The minimum Gasteiger partial charge on any atom is -0.363 e. The summed E-state index contributed by atoms with van der Waals surface area (Å²) in [6, 6.07) is 1.78. The van der Waals surface area contributed by atoms with Crippen LogP contribution in [0.2, 0.25) is 0 Å². The number of thiazole rings is 1. The van der Waals surface area contributed by atoms with Gasteiger partial charge >= 0.3 is 0 Å². The molecule has 0 spiro atoms. The molecule has 0 aliphatic rings. The third kappa shape index (κ3) is 1.62. The summed E-state index contributed by atoms with van der Waals surface area (Å²) in [6.45, 7) is 0.747. The number of aromatic nitrogens is 2. The van der Waals surface area contributed by atoms with Crippen LogP contribution in [0.5, 0.6) is 0 Å². The highest BCUT2D eigenvalue weighted by atomic mass is 32.1. The molecule has 62 valence electrons. The van der Waals surface area contributed by atoms with Crippen LogP contribution in [-0.4, -0.2) is 10.1 Å². The molecule has 0 amide bonds. The van der Waals surface area contributed by atoms with Crippen LogP contribution in [-0.2, 0) is 6.54 Å². The van der Waals surface area contributed by atoms with E-state index in [9.17, 15) is 0 Å². The molecule has 2 aromatic rings. The third-order valence-electron chi connectivity index (χ3n) is 1.37. The van der Waals surface area contributed by atoms with Crippen molar-refractivity contribution in [3.8, 4) is 0 Å². The number of nitrogens with zero attached hydrogens (tertiary/aromatic N) is 2. The minimum absolute atomic E-state index is 0.747. The lowest BCUT2D eigenvalue weighted by molar-refractivity contribution is 0.422. The van der Waals surface area contributed by atoms with Gasteiger partial charge in [-0.25, -0.2) is 0 Å². The van der Waals surface area contributed by atoms with Crippen molar-refractivity contribution in [3.63, 3.8) is 0 Å². The Labute approximate surface area is 73.2 Å². The topological polar surface area (TPSA) is 51.0 Å². The smallest absolute Gasteiger partial charge is 0.169 e. The van der Waals surface area contributed by atoms with E-state index in [1.807, 2.05) is 6.20 Å². The van der Waals surface area contributed by atoms with Crippen molar-refractivity contribution in [1.29, 1.82) is 0 Å². The van der Waals surface area contributed by atoms with E-state index in [0.29, 0.717) is 0 Å². The van der Waals surface area contributed by atoms with Crippen molar-refractivity contribution in [1.82, 2.24) is 10.1 Å². The van der Waals surface area contributed by atoms with Crippen molar-refractivity contribution >= 4 is 17.2 Å². The Bertz CT molecular complexity index is 282. The summed E-state index contributed by atoms with van der Waals surface area (Å²) in [7, 11) is 0. The minimum atomic E-state index is 0.747. The van der Waals surface area contributed by atoms with E-state index >= 15 is 0 Å². The lowest BCUT2D eigenvalue weighted by Gasteiger charge is -1.96. The Kier molecular flexibility index (Phi) is 2.04. The predicted molar refractivity (Wildman–Crippen MR) is 45.9 cm³/mol. The maximum Gasteiger partial charge on any atom is 0.169 e. The Balaban J connectivity index is 1.91. The molecule has 0 bridgehead atoms. The molecule has 0 unspecified atom stereocenters. The van der Waals surface area contributed by atoms with E-state index in [-0.39, 0.29) is 0 Å². The van der Waals surface area contributed by atoms with E-state index in [0.717, 1.165) is 12.4 Å². The van der Waals surface area contributed by atoms with Gasteiger partial charge in [0.1, 0.15) is 6.26 Å². The normalized spacial score (nSPS) is 10.0. The predicted octanol–water partition coefficient (Wildman–Crippen LogP) is 1.74. The Hall–Kier alpha value is -1.36. The van der Waals surface area contributed by atoms with Gasteiger partial charge in [-0.15, -0.1) is 11.3 Å². The average Bonchev–Trinajstić information content (AvgIpc) is 2.74. The molecular weight excluding hydrogens is 174 g/mol. The number of rotatable bonds is 3. The van der Waals surface area contributed by atoms with Gasteiger partial charge in [0.2, 0.25) is 0 Å². The van der Waals surface area contributed by atoms with Crippen LogP contribution in [0.15, 0.2) is 28.6 Å². The molecule has 0 fully saturated rings. The SMILES string of the molecule is c1cc(NCc2cncs2)no1. The first kappa shape index (κ1) is 7.30. The van der Waals surface area contributed by atoms with E-state index in [1.54, 1.807) is 22.9 Å².